The molecule has 0 bridgehead atoms. The van der Waals surface area contributed by atoms with E-state index < -0.39 is 0 Å². The lowest BCUT2D eigenvalue weighted by atomic mass is 9.47. The number of amides is 1. The van der Waals surface area contributed by atoms with Crippen molar-refractivity contribution < 1.29 is 4.79 Å². The van der Waals surface area contributed by atoms with Crippen LogP contribution < -0.4 is 11.5 Å². The molecule has 6 aliphatic carbocycles. The van der Waals surface area contributed by atoms with Gasteiger partial charge in [0, 0.05) is 42.6 Å². The molecule has 0 aliphatic heterocycles. The van der Waals surface area contributed by atoms with Gasteiger partial charge in [0.1, 0.15) is 0 Å². The molecule has 5 fully saturated rings. The maximum absolute atomic E-state index is 13.4. The van der Waals surface area contributed by atoms with E-state index in [-0.39, 0.29) is 0 Å². The number of carbonyl (C=O) groups excluding carboxylic acids is 1. The molecule has 6 aliphatic rings. The molecule has 0 aromatic carbocycles. The first kappa shape index (κ1) is 39.5. The van der Waals surface area contributed by atoms with E-state index >= 15 is 0 Å². The normalized spacial score (nSPS) is 40.5. The molecule has 0 unspecified atom stereocenters. The first-order valence-corrected chi connectivity index (χ1v) is 24.1. The summed E-state index contributed by atoms with van der Waals surface area (Å²) in [5, 5.41) is 0.705. The van der Waals surface area contributed by atoms with Crippen molar-refractivity contribution in [3.63, 3.8) is 0 Å². The van der Waals surface area contributed by atoms with E-state index in [1.54, 1.807) is 0 Å². The molecule has 4 nitrogen and oxygen atoms in total. The third kappa shape index (κ3) is 8.70. The summed E-state index contributed by atoms with van der Waals surface area (Å²) in [7, 11) is 4.08. The minimum absolute atomic E-state index is 0.371. The van der Waals surface area contributed by atoms with Gasteiger partial charge >= 0.3 is 0 Å². The number of rotatable bonds is 17. The lowest BCUT2D eigenvalue weighted by Gasteiger charge is -2.58. The van der Waals surface area contributed by atoms with E-state index in [2.05, 4.69) is 63.3 Å². The van der Waals surface area contributed by atoms with Crippen molar-refractivity contribution in [1.29, 1.82) is 0 Å². The number of fused-ring (bicyclic) bond motifs is 5. The van der Waals surface area contributed by atoms with Crippen molar-refractivity contribution in [3.8, 4) is 0 Å². The highest BCUT2D eigenvalue weighted by Gasteiger charge is 2.59. The predicted octanol–water partition coefficient (Wildman–Crippen LogP) is 10.9. The molecule has 0 heterocycles. The van der Waals surface area contributed by atoms with Crippen molar-refractivity contribution in [3.05, 3.63) is 11.6 Å². The van der Waals surface area contributed by atoms with Crippen LogP contribution in [0.4, 0.5) is 0 Å². The van der Waals surface area contributed by atoms with E-state index in [9.17, 15) is 4.79 Å². The average molecular weight is 728 g/mol. The summed E-state index contributed by atoms with van der Waals surface area (Å²) in [6.45, 7) is 17.2. The Hall–Kier alpha value is -0.170. The second-order valence-electron chi connectivity index (χ2n) is 19.6. The van der Waals surface area contributed by atoms with Gasteiger partial charge in [-0.2, -0.15) is 0 Å². The fraction of sp³-hybridized carbons (Fsp3) is 0.932. The van der Waals surface area contributed by atoms with Crippen molar-refractivity contribution in [2.45, 2.75) is 174 Å². The Morgan fingerprint density at radius 1 is 0.920 bits per heavy atom. The van der Waals surface area contributed by atoms with Crippen LogP contribution in [0, 0.1) is 64.1 Å². The van der Waals surface area contributed by atoms with Crippen molar-refractivity contribution in [1.82, 2.24) is 4.90 Å². The number of carbonyl (C=O) groups is 1. The van der Waals surface area contributed by atoms with Gasteiger partial charge in [-0.25, -0.2) is 0 Å². The van der Waals surface area contributed by atoms with E-state index in [1.807, 2.05) is 16.4 Å². The molecule has 4 N–H and O–H groups in total. The summed E-state index contributed by atoms with van der Waals surface area (Å²) in [4.78, 5) is 15.6. The maximum atomic E-state index is 13.4. The highest BCUT2D eigenvalue weighted by molar-refractivity contribution is 8.76. The Morgan fingerprint density at radius 2 is 1.60 bits per heavy atom. The molecule has 6 rings (SSSR count). The summed E-state index contributed by atoms with van der Waals surface area (Å²) < 4.78 is 0. The van der Waals surface area contributed by atoms with Gasteiger partial charge in [-0.15, -0.1) is 0 Å². The molecule has 5 saturated carbocycles. The smallest absolute Gasteiger partial charge is 0.223 e. The Labute approximate surface area is 316 Å². The van der Waals surface area contributed by atoms with Gasteiger partial charge in [0.2, 0.25) is 5.91 Å². The van der Waals surface area contributed by atoms with Crippen molar-refractivity contribution in [2.75, 3.05) is 18.8 Å². The summed E-state index contributed by atoms with van der Waals surface area (Å²) in [5.74, 6) is 9.03. The average Bonchev–Trinajstić information content (AvgIpc) is 3.42. The van der Waals surface area contributed by atoms with E-state index in [0.717, 1.165) is 111 Å². The number of hydrogen-bond acceptors (Lipinski definition) is 5. The summed E-state index contributed by atoms with van der Waals surface area (Å²) in [5.41, 5.74) is 14.9. The maximum Gasteiger partial charge on any atom is 0.223 e. The van der Waals surface area contributed by atoms with Gasteiger partial charge in [-0.05, 0) is 160 Å². The molecule has 0 saturated heterocycles. The SMILES string of the molecule is CC[C@H](CC[C@@H](C)[C@H]1CC[C@H]2[C@@H]3CC=C4C[C@@H](SSCCC(=O)N(CCC5CC(N)C5)CCC5CC(N)C5)CC[C@]4(C)[C@H]3CC[C@]12C)C(C)C. The minimum Gasteiger partial charge on any atom is -0.343 e. The zero-order chi connectivity index (χ0) is 35.6. The molecule has 50 heavy (non-hydrogen) atoms. The highest BCUT2D eigenvalue weighted by Crippen LogP contribution is 2.68. The van der Waals surface area contributed by atoms with E-state index in [1.165, 1.54) is 70.6 Å². The van der Waals surface area contributed by atoms with Gasteiger partial charge in [0.15, 0.2) is 0 Å². The van der Waals surface area contributed by atoms with Crippen LogP contribution in [0.15, 0.2) is 11.6 Å². The van der Waals surface area contributed by atoms with E-state index in [4.69, 9.17) is 11.5 Å². The molecule has 0 radical (unpaired) electrons. The molecule has 9 atom stereocenters. The van der Waals surface area contributed by atoms with Gasteiger partial charge in [-0.3, -0.25) is 4.79 Å². The predicted molar refractivity (Wildman–Crippen MR) is 218 cm³/mol. The quantitative estimate of drug-likeness (QED) is 0.0887. The first-order chi connectivity index (χ1) is 23.9. The summed E-state index contributed by atoms with van der Waals surface area (Å²) >= 11 is 0. The monoisotopic (exact) mass is 728 g/mol. The van der Waals surface area contributed by atoms with Crippen LogP contribution in [0.2, 0.25) is 0 Å². The third-order valence-electron chi connectivity index (χ3n) is 16.4. The van der Waals surface area contributed by atoms with Gasteiger partial charge in [-0.1, -0.05) is 87.6 Å². The Kier molecular flexibility index (Phi) is 13.5. The summed E-state index contributed by atoms with van der Waals surface area (Å²) in [6.07, 6.45) is 25.7. The zero-order valence-corrected chi connectivity index (χ0v) is 34.8. The Balaban J connectivity index is 0.964. The van der Waals surface area contributed by atoms with Gasteiger partial charge < -0.3 is 16.4 Å². The van der Waals surface area contributed by atoms with Crippen LogP contribution in [0.5, 0.6) is 0 Å². The standard InChI is InChI=1S/C44H77N3OS2/c1-7-33(29(2)3)9-8-30(4)39-12-13-40-38-11-10-34-28-37(14-19-43(34,5)41(38)15-20-44(39,40)6)50-49-23-18-42(48)47(21-16-31-24-35(45)25-31)22-17-32-26-36(46)27-32/h10,29-33,35-41H,7-9,11-28,45-46H2,1-6H3/t30-,31?,32?,33-,35?,36?,37+,38+,39-,40+,41+,43+,44-/m1/s1. The largest absolute Gasteiger partial charge is 0.343 e. The van der Waals surface area contributed by atoms with Gasteiger partial charge in [0.25, 0.3) is 0 Å². The molecule has 286 valence electrons. The fourth-order valence-electron chi connectivity index (χ4n) is 12.9. The van der Waals surface area contributed by atoms with Crippen LogP contribution in [-0.4, -0.2) is 47.0 Å². The molecular weight excluding hydrogens is 651 g/mol. The zero-order valence-electron chi connectivity index (χ0n) is 33.2. The highest BCUT2D eigenvalue weighted by atomic mass is 33.1. The first-order valence-electron chi connectivity index (χ1n) is 21.7. The van der Waals surface area contributed by atoms with Crippen molar-refractivity contribution >= 4 is 27.5 Å². The number of nitrogens with two attached hydrogens (primary N) is 2. The van der Waals surface area contributed by atoms with E-state index in [0.29, 0.717) is 40.5 Å². The lowest BCUT2D eigenvalue weighted by molar-refractivity contribution is -0.131. The third-order valence-corrected chi connectivity index (χ3v) is 19.3. The van der Waals surface area contributed by atoms with Crippen molar-refractivity contribution in [2.24, 2.45) is 75.6 Å². The summed E-state index contributed by atoms with van der Waals surface area (Å²) in [6, 6.07) is 0.783. The van der Waals surface area contributed by atoms with Crippen LogP contribution >= 0.6 is 21.6 Å². The Bertz CT molecular complexity index is 1130. The molecule has 6 heteroatoms. The lowest BCUT2D eigenvalue weighted by Crippen LogP contribution is -2.50. The number of allylic oxidation sites excluding steroid dienone is 2. The topological polar surface area (TPSA) is 72.3 Å². The van der Waals surface area contributed by atoms with Crippen LogP contribution in [-0.2, 0) is 4.79 Å². The molecule has 1 amide bonds. The molecule has 0 aromatic rings. The van der Waals surface area contributed by atoms with Gasteiger partial charge in [0.05, 0.1) is 0 Å². The van der Waals surface area contributed by atoms with Crippen LogP contribution in [0.1, 0.15) is 157 Å². The minimum atomic E-state index is 0.371. The molecule has 0 spiro atoms. The molecule has 0 aromatic heterocycles. The second-order valence-corrected chi connectivity index (χ2v) is 22.4. The molecular formula is C44H77N3OS2. The second kappa shape index (κ2) is 17.1. The van der Waals surface area contributed by atoms with Crippen LogP contribution in [0.25, 0.3) is 0 Å². The Morgan fingerprint density at radius 3 is 2.22 bits per heavy atom. The number of nitrogens with zero attached hydrogens (tertiary/aromatic N) is 1. The van der Waals surface area contributed by atoms with Crippen LogP contribution in [0.3, 0.4) is 0 Å². The number of hydrogen-bond donors (Lipinski definition) is 2. The fourth-order valence-corrected chi connectivity index (χ4v) is 15.5.